The van der Waals surface area contributed by atoms with Crippen molar-refractivity contribution in [3.63, 3.8) is 0 Å². The van der Waals surface area contributed by atoms with Gasteiger partial charge in [-0.05, 0) is 64.6 Å². The average Bonchev–Trinajstić information content (AvgIpc) is 3.00. The Morgan fingerprint density at radius 2 is 1.65 bits per heavy atom. The van der Waals surface area contributed by atoms with E-state index in [1.54, 1.807) is 12.1 Å². The molecule has 138 valence electrons. The molecule has 3 rings (SSSR count). The van der Waals surface area contributed by atoms with Crippen molar-refractivity contribution in [2.75, 3.05) is 5.01 Å². The van der Waals surface area contributed by atoms with Crippen molar-refractivity contribution in [1.82, 2.24) is 0 Å². The summed E-state index contributed by atoms with van der Waals surface area (Å²) in [4.78, 5) is -0.119. The summed E-state index contributed by atoms with van der Waals surface area (Å²) < 4.78 is 63.2. The lowest BCUT2D eigenvalue weighted by Gasteiger charge is -2.24. The van der Waals surface area contributed by atoms with E-state index < -0.39 is 28.0 Å². The number of rotatable bonds is 3. The Labute approximate surface area is 161 Å². The van der Waals surface area contributed by atoms with E-state index in [0.717, 1.165) is 3.57 Å². The van der Waals surface area contributed by atoms with Gasteiger partial charge in [-0.15, -0.1) is 0 Å². The molecule has 1 aliphatic rings. The zero-order valence-electron chi connectivity index (χ0n) is 13.1. The van der Waals surface area contributed by atoms with E-state index in [9.17, 15) is 21.6 Å². The van der Waals surface area contributed by atoms with Crippen LogP contribution in [0.4, 0.5) is 18.9 Å². The van der Waals surface area contributed by atoms with Crippen LogP contribution in [0.15, 0.2) is 58.5 Å². The summed E-state index contributed by atoms with van der Waals surface area (Å²) in [6, 6.07) is 11.8. The molecule has 0 aromatic heterocycles. The highest BCUT2D eigenvalue weighted by atomic mass is 127. The largest absolute Gasteiger partial charge is 0.431 e. The number of nitrogens with zero attached hydrogens (tertiary/aromatic N) is 2. The number of hydrogen-bond donors (Lipinski definition) is 1. The molecule has 0 bridgehead atoms. The van der Waals surface area contributed by atoms with Gasteiger partial charge in [-0.25, -0.2) is 13.6 Å². The van der Waals surface area contributed by atoms with Gasteiger partial charge in [-0.2, -0.15) is 18.3 Å². The number of primary sulfonamides is 1. The number of hydrazone groups is 1. The third-order valence-corrected chi connectivity index (χ3v) is 5.57. The van der Waals surface area contributed by atoms with E-state index in [-0.39, 0.29) is 11.3 Å². The quantitative estimate of drug-likeness (QED) is 0.659. The molecule has 1 atom stereocenters. The first-order valence-corrected chi connectivity index (χ1v) is 10.0. The van der Waals surface area contributed by atoms with E-state index >= 15 is 0 Å². The minimum absolute atomic E-state index is 0.119. The van der Waals surface area contributed by atoms with Gasteiger partial charge in [-0.3, -0.25) is 5.01 Å². The van der Waals surface area contributed by atoms with Crippen LogP contribution in [0.25, 0.3) is 0 Å². The lowest BCUT2D eigenvalue weighted by atomic mass is 10.0. The number of benzene rings is 2. The van der Waals surface area contributed by atoms with Crippen molar-refractivity contribution in [3.8, 4) is 0 Å². The monoisotopic (exact) mass is 495 g/mol. The average molecular weight is 495 g/mol. The first-order valence-electron chi connectivity index (χ1n) is 7.38. The van der Waals surface area contributed by atoms with Gasteiger partial charge in [0.15, 0.2) is 0 Å². The summed E-state index contributed by atoms with van der Waals surface area (Å²) in [6.07, 6.45) is -4.82. The van der Waals surface area contributed by atoms with Crippen molar-refractivity contribution in [2.24, 2.45) is 10.2 Å². The molecule has 5 nitrogen and oxygen atoms in total. The lowest BCUT2D eigenvalue weighted by Crippen LogP contribution is -2.21. The van der Waals surface area contributed by atoms with Crippen LogP contribution in [0.3, 0.4) is 0 Å². The second-order valence-corrected chi connectivity index (χ2v) is 8.51. The number of halogens is 4. The molecule has 1 heterocycles. The smallest absolute Gasteiger partial charge is 0.257 e. The molecule has 2 aromatic carbocycles. The first kappa shape index (κ1) is 19.1. The predicted molar refractivity (Wildman–Crippen MR) is 100 cm³/mol. The molecule has 0 fully saturated rings. The molecule has 1 aliphatic heterocycles. The van der Waals surface area contributed by atoms with Crippen LogP contribution in [-0.2, 0) is 10.0 Å². The third kappa shape index (κ3) is 4.01. The summed E-state index contributed by atoms with van der Waals surface area (Å²) >= 11 is 2.11. The van der Waals surface area contributed by atoms with Crippen LogP contribution in [0, 0.1) is 3.57 Å². The van der Waals surface area contributed by atoms with Crippen molar-refractivity contribution < 1.29 is 21.6 Å². The molecule has 0 radical (unpaired) electrons. The number of alkyl halides is 3. The molecule has 0 spiro atoms. The minimum Gasteiger partial charge on any atom is -0.257 e. The second-order valence-electron chi connectivity index (χ2n) is 5.70. The molecular weight excluding hydrogens is 482 g/mol. The van der Waals surface area contributed by atoms with Crippen molar-refractivity contribution >= 4 is 44.0 Å². The van der Waals surface area contributed by atoms with Gasteiger partial charge < -0.3 is 0 Å². The fourth-order valence-electron chi connectivity index (χ4n) is 2.65. The van der Waals surface area contributed by atoms with E-state index in [1.165, 1.54) is 29.3 Å². The molecule has 0 saturated heterocycles. The van der Waals surface area contributed by atoms with Gasteiger partial charge in [0, 0.05) is 9.99 Å². The van der Waals surface area contributed by atoms with Crippen LogP contribution in [-0.4, -0.2) is 20.3 Å². The third-order valence-electron chi connectivity index (χ3n) is 3.92. The van der Waals surface area contributed by atoms with Crippen molar-refractivity contribution in [1.29, 1.82) is 0 Å². The Kier molecular flexibility index (Phi) is 5.01. The van der Waals surface area contributed by atoms with E-state index in [1.807, 2.05) is 12.1 Å². The second kappa shape index (κ2) is 6.82. The van der Waals surface area contributed by atoms with Crippen LogP contribution in [0.5, 0.6) is 0 Å². The maximum atomic E-state index is 13.2. The Hall–Kier alpha value is -1.66. The Balaban J connectivity index is 2.01. The summed E-state index contributed by atoms with van der Waals surface area (Å²) in [5.74, 6) is 0. The molecule has 2 N–H and O–H groups in total. The van der Waals surface area contributed by atoms with Crippen molar-refractivity contribution in [3.05, 3.63) is 57.7 Å². The standard InChI is InChI=1S/C16H13F3IN3O2S/c17-16(18,19)15-9-14(10-1-3-11(20)4-2-10)23(22-15)12-5-7-13(8-6-12)26(21,24)25/h1-8,14H,9H2,(H2,21,24,25). The lowest BCUT2D eigenvalue weighted by molar-refractivity contribution is -0.0600. The maximum Gasteiger partial charge on any atom is 0.431 e. The summed E-state index contributed by atoms with van der Waals surface area (Å²) in [5, 5.41) is 10.1. The molecule has 0 amide bonds. The van der Waals surface area contributed by atoms with Gasteiger partial charge in [0.25, 0.3) is 0 Å². The van der Waals surface area contributed by atoms with Gasteiger partial charge in [0.05, 0.1) is 16.6 Å². The van der Waals surface area contributed by atoms with E-state index in [0.29, 0.717) is 11.3 Å². The highest BCUT2D eigenvalue weighted by Crippen LogP contribution is 2.39. The topological polar surface area (TPSA) is 75.8 Å². The SMILES string of the molecule is NS(=O)(=O)c1ccc(N2N=C(C(F)(F)F)CC2c2ccc(I)cc2)cc1. The molecule has 1 unspecified atom stereocenters. The number of hydrogen-bond acceptors (Lipinski definition) is 4. The van der Waals surface area contributed by atoms with Gasteiger partial charge in [-0.1, -0.05) is 12.1 Å². The summed E-state index contributed by atoms with van der Waals surface area (Å²) in [7, 11) is -3.88. The normalized spacial score (nSPS) is 18.1. The van der Waals surface area contributed by atoms with Crippen molar-refractivity contribution in [2.45, 2.75) is 23.5 Å². The molecular formula is C16H13F3IN3O2S. The van der Waals surface area contributed by atoms with E-state index in [2.05, 4.69) is 27.7 Å². The maximum absolute atomic E-state index is 13.2. The Morgan fingerprint density at radius 3 is 2.15 bits per heavy atom. The van der Waals surface area contributed by atoms with E-state index in [4.69, 9.17) is 5.14 Å². The Morgan fingerprint density at radius 1 is 1.08 bits per heavy atom. The zero-order chi connectivity index (χ0) is 19.1. The number of nitrogens with two attached hydrogens (primary N) is 1. The minimum atomic E-state index is -4.53. The van der Waals surface area contributed by atoms with Crippen LogP contribution in [0.1, 0.15) is 18.0 Å². The fraction of sp³-hybridized carbons (Fsp3) is 0.188. The highest BCUT2D eigenvalue weighted by Gasteiger charge is 2.43. The summed E-state index contributed by atoms with van der Waals surface area (Å²) in [6.45, 7) is 0. The molecule has 26 heavy (non-hydrogen) atoms. The van der Waals surface area contributed by atoms with Gasteiger partial charge in [0.2, 0.25) is 10.0 Å². The van der Waals surface area contributed by atoms with Crippen LogP contribution < -0.4 is 10.1 Å². The van der Waals surface area contributed by atoms with Crippen LogP contribution in [0.2, 0.25) is 0 Å². The fourth-order valence-corrected chi connectivity index (χ4v) is 3.53. The van der Waals surface area contributed by atoms with Gasteiger partial charge in [0.1, 0.15) is 5.71 Å². The zero-order valence-corrected chi connectivity index (χ0v) is 16.1. The molecule has 2 aromatic rings. The molecule has 0 aliphatic carbocycles. The first-order chi connectivity index (χ1) is 12.1. The summed E-state index contributed by atoms with van der Waals surface area (Å²) in [5.41, 5.74) is 0.153. The van der Waals surface area contributed by atoms with Crippen LogP contribution >= 0.6 is 22.6 Å². The molecule has 10 heteroatoms. The number of sulfonamides is 1. The Bertz CT molecular complexity index is 942. The predicted octanol–water partition coefficient (Wildman–Crippen LogP) is 3.81. The molecule has 0 saturated carbocycles. The number of anilines is 1. The van der Waals surface area contributed by atoms with Gasteiger partial charge >= 0.3 is 6.18 Å². The highest BCUT2D eigenvalue weighted by molar-refractivity contribution is 14.1.